The van der Waals surface area contributed by atoms with Gasteiger partial charge >= 0.3 is 0 Å². The molecule has 0 aliphatic heterocycles. The first kappa shape index (κ1) is 19.9. The van der Waals surface area contributed by atoms with Gasteiger partial charge in [-0.05, 0) is 51.2 Å². The van der Waals surface area contributed by atoms with E-state index in [1.807, 2.05) is 32.9 Å². The average molecular weight is 388 g/mol. The number of amides is 1. The summed E-state index contributed by atoms with van der Waals surface area (Å²) in [6.45, 7) is 10.5. The van der Waals surface area contributed by atoms with Crippen molar-refractivity contribution in [3.63, 3.8) is 0 Å². The normalized spacial score (nSPS) is 23.8. The largest absolute Gasteiger partial charge is 0.411 e. The number of hydrogen-bond acceptors (Lipinski definition) is 5. The van der Waals surface area contributed by atoms with E-state index in [-0.39, 0.29) is 17.2 Å². The van der Waals surface area contributed by atoms with Crippen molar-refractivity contribution >= 4 is 17.7 Å². The van der Waals surface area contributed by atoms with E-state index < -0.39 is 0 Å². The Labute approximate surface area is 165 Å². The summed E-state index contributed by atoms with van der Waals surface area (Å²) >= 11 is 1.31. The highest BCUT2D eigenvalue weighted by atomic mass is 32.2. The van der Waals surface area contributed by atoms with Crippen molar-refractivity contribution in [1.82, 2.24) is 15.5 Å². The molecule has 0 bridgehead atoms. The third kappa shape index (κ3) is 4.92. The summed E-state index contributed by atoms with van der Waals surface area (Å²) in [6, 6.07) is 6.42. The van der Waals surface area contributed by atoms with Crippen molar-refractivity contribution in [1.29, 1.82) is 0 Å². The second kappa shape index (κ2) is 8.46. The molecule has 0 radical (unpaired) electrons. The molecule has 1 aliphatic carbocycles. The summed E-state index contributed by atoms with van der Waals surface area (Å²) in [6.07, 6.45) is 3.49. The lowest BCUT2D eigenvalue weighted by atomic mass is 9.78. The molecule has 1 amide bonds. The Morgan fingerprint density at radius 1 is 1.19 bits per heavy atom. The van der Waals surface area contributed by atoms with Gasteiger partial charge in [0.05, 0.1) is 5.25 Å². The van der Waals surface area contributed by atoms with Gasteiger partial charge < -0.3 is 9.73 Å². The molecule has 1 saturated carbocycles. The van der Waals surface area contributed by atoms with Crippen LogP contribution in [0.4, 0.5) is 0 Å². The minimum absolute atomic E-state index is 0.0390. The molecule has 1 fully saturated rings. The Bertz CT molecular complexity index is 784. The SMILES string of the molecule is Cc1cc(C)cc(-c2nnc(S[C@H](C)C(=O)N[C@@H]3CCC[C@H](C)[C@@H]3C)o2)c1. The zero-order chi connectivity index (χ0) is 19.6. The van der Waals surface area contributed by atoms with Crippen LogP contribution < -0.4 is 5.32 Å². The van der Waals surface area contributed by atoms with Crippen LogP contribution in [0.5, 0.6) is 0 Å². The maximum Gasteiger partial charge on any atom is 0.277 e. The van der Waals surface area contributed by atoms with Crippen molar-refractivity contribution in [2.45, 2.75) is 70.4 Å². The first-order valence-corrected chi connectivity index (χ1v) is 10.6. The number of thioether (sulfide) groups is 1. The van der Waals surface area contributed by atoms with Crippen molar-refractivity contribution in [3.05, 3.63) is 29.3 Å². The number of rotatable bonds is 5. The molecule has 2 aromatic rings. The van der Waals surface area contributed by atoms with E-state index in [1.165, 1.54) is 24.6 Å². The molecule has 1 aromatic carbocycles. The fourth-order valence-electron chi connectivity index (χ4n) is 3.76. The molecule has 1 aliphatic rings. The standard InChI is InChI=1S/C21H29N3O2S/c1-12-9-13(2)11-17(10-12)20-23-24-21(26-20)27-16(5)19(25)22-18-8-6-7-14(3)15(18)4/h9-11,14-16,18H,6-8H2,1-5H3,(H,22,25)/t14-,15-,16+,18+/m0/s1. The van der Waals surface area contributed by atoms with Crippen LogP contribution in [-0.2, 0) is 4.79 Å². The predicted molar refractivity (Wildman–Crippen MR) is 109 cm³/mol. The summed E-state index contributed by atoms with van der Waals surface area (Å²) in [5, 5.41) is 11.6. The fourth-order valence-corrected chi connectivity index (χ4v) is 4.46. The molecule has 0 saturated heterocycles. The highest BCUT2D eigenvalue weighted by molar-refractivity contribution is 8.00. The quantitative estimate of drug-likeness (QED) is 0.748. The number of aryl methyl sites for hydroxylation is 2. The smallest absolute Gasteiger partial charge is 0.277 e. The van der Waals surface area contributed by atoms with Crippen molar-refractivity contribution in [2.75, 3.05) is 0 Å². The minimum Gasteiger partial charge on any atom is -0.411 e. The average Bonchev–Trinajstić information content (AvgIpc) is 3.06. The van der Waals surface area contributed by atoms with Gasteiger partial charge in [-0.2, -0.15) is 0 Å². The van der Waals surface area contributed by atoms with Gasteiger partial charge in [-0.25, -0.2) is 0 Å². The van der Waals surface area contributed by atoms with E-state index in [1.54, 1.807) is 0 Å². The van der Waals surface area contributed by atoms with Crippen molar-refractivity contribution < 1.29 is 9.21 Å². The van der Waals surface area contributed by atoms with Crippen LogP contribution in [0.2, 0.25) is 0 Å². The van der Waals surface area contributed by atoms with Gasteiger partial charge in [0.2, 0.25) is 11.8 Å². The van der Waals surface area contributed by atoms with Crippen LogP contribution in [0.3, 0.4) is 0 Å². The van der Waals surface area contributed by atoms with Crippen LogP contribution in [0.1, 0.15) is 51.2 Å². The number of aromatic nitrogens is 2. The summed E-state index contributed by atoms with van der Waals surface area (Å²) in [4.78, 5) is 12.6. The van der Waals surface area contributed by atoms with Crippen molar-refractivity contribution in [2.24, 2.45) is 11.8 Å². The Balaban J connectivity index is 1.61. The van der Waals surface area contributed by atoms with Crippen molar-refractivity contribution in [3.8, 4) is 11.5 Å². The molecule has 27 heavy (non-hydrogen) atoms. The summed E-state index contributed by atoms with van der Waals surface area (Å²) in [5.74, 6) is 1.70. The highest BCUT2D eigenvalue weighted by Crippen LogP contribution is 2.31. The first-order valence-electron chi connectivity index (χ1n) is 9.72. The van der Waals surface area contributed by atoms with E-state index in [0.29, 0.717) is 22.9 Å². The van der Waals surface area contributed by atoms with E-state index in [0.717, 1.165) is 23.1 Å². The van der Waals surface area contributed by atoms with E-state index >= 15 is 0 Å². The Kier molecular flexibility index (Phi) is 6.25. The van der Waals surface area contributed by atoms with Gasteiger partial charge in [-0.3, -0.25) is 4.79 Å². The monoisotopic (exact) mass is 387 g/mol. The van der Waals surface area contributed by atoms with Gasteiger partial charge in [0, 0.05) is 11.6 Å². The van der Waals surface area contributed by atoms with Gasteiger partial charge in [-0.15, -0.1) is 10.2 Å². The maximum absolute atomic E-state index is 12.6. The number of nitrogens with zero attached hydrogens (tertiary/aromatic N) is 2. The summed E-state index contributed by atoms with van der Waals surface area (Å²) in [7, 11) is 0. The number of hydrogen-bond donors (Lipinski definition) is 1. The van der Waals surface area contributed by atoms with E-state index in [4.69, 9.17) is 4.42 Å². The molecular formula is C21H29N3O2S. The lowest BCUT2D eigenvalue weighted by Crippen LogP contribution is -2.46. The zero-order valence-electron chi connectivity index (χ0n) is 16.8. The molecule has 5 nitrogen and oxygen atoms in total. The Morgan fingerprint density at radius 2 is 1.89 bits per heavy atom. The first-order chi connectivity index (χ1) is 12.8. The molecule has 1 aromatic heterocycles. The zero-order valence-corrected chi connectivity index (χ0v) is 17.6. The Hall–Kier alpha value is -1.82. The third-order valence-electron chi connectivity index (χ3n) is 5.56. The predicted octanol–water partition coefficient (Wildman–Crippen LogP) is 4.77. The summed E-state index contributed by atoms with van der Waals surface area (Å²) < 4.78 is 5.79. The minimum atomic E-state index is -0.276. The molecule has 0 spiro atoms. The van der Waals surface area contributed by atoms with E-state index in [2.05, 4.69) is 35.4 Å². The molecule has 146 valence electrons. The topological polar surface area (TPSA) is 68.0 Å². The Morgan fingerprint density at radius 3 is 2.59 bits per heavy atom. The molecule has 6 heteroatoms. The number of benzene rings is 1. The maximum atomic E-state index is 12.6. The van der Waals surface area contributed by atoms with Gasteiger partial charge in [0.25, 0.3) is 5.22 Å². The molecule has 0 unspecified atom stereocenters. The molecule has 1 N–H and O–H groups in total. The number of carbonyl (C=O) groups is 1. The highest BCUT2D eigenvalue weighted by Gasteiger charge is 2.30. The van der Waals surface area contributed by atoms with Gasteiger partial charge in [0.15, 0.2) is 0 Å². The molecule has 3 rings (SSSR count). The third-order valence-corrected chi connectivity index (χ3v) is 6.49. The van der Waals surface area contributed by atoms with Gasteiger partial charge in [-0.1, -0.05) is 55.6 Å². The summed E-state index contributed by atoms with van der Waals surface area (Å²) in [5.41, 5.74) is 3.22. The second-order valence-electron chi connectivity index (χ2n) is 7.89. The van der Waals surface area contributed by atoms with Crippen LogP contribution in [0.25, 0.3) is 11.5 Å². The lowest BCUT2D eigenvalue weighted by molar-refractivity contribution is -0.121. The second-order valence-corrected chi connectivity index (χ2v) is 9.18. The van der Waals surface area contributed by atoms with Crippen LogP contribution >= 0.6 is 11.8 Å². The number of carbonyl (C=O) groups excluding carboxylic acids is 1. The number of nitrogens with one attached hydrogen (secondary N) is 1. The van der Waals surface area contributed by atoms with E-state index in [9.17, 15) is 4.79 Å². The van der Waals surface area contributed by atoms with Crippen LogP contribution in [0, 0.1) is 25.7 Å². The van der Waals surface area contributed by atoms with Crippen LogP contribution in [0.15, 0.2) is 27.8 Å². The molecule has 4 atom stereocenters. The molecular weight excluding hydrogens is 358 g/mol. The molecule has 1 heterocycles. The lowest BCUT2D eigenvalue weighted by Gasteiger charge is -2.35. The van der Waals surface area contributed by atoms with Crippen LogP contribution in [-0.4, -0.2) is 27.4 Å². The fraction of sp³-hybridized carbons (Fsp3) is 0.571. The van der Waals surface area contributed by atoms with Gasteiger partial charge in [0.1, 0.15) is 0 Å².